The molecular formula is C24H20N4OS. The first-order chi connectivity index (χ1) is 14.7. The van der Waals surface area contributed by atoms with Crippen molar-refractivity contribution in [1.82, 2.24) is 14.8 Å². The second-order valence-electron chi connectivity index (χ2n) is 6.71. The molecule has 0 N–H and O–H groups in total. The number of thioether (sulfide) groups is 1. The lowest BCUT2D eigenvalue weighted by Gasteiger charge is -2.08. The SMILES string of the molecule is COc1ccccc1-c1nnc(SCc2ccc(-c3ccccc3C#N)cc2)n1C. The van der Waals surface area contributed by atoms with Crippen LogP contribution < -0.4 is 4.74 Å². The normalized spacial score (nSPS) is 10.6. The number of nitrogens with zero attached hydrogens (tertiary/aromatic N) is 4. The Labute approximate surface area is 180 Å². The summed E-state index contributed by atoms with van der Waals surface area (Å²) in [6.07, 6.45) is 0. The van der Waals surface area contributed by atoms with Crippen LogP contribution in [0.1, 0.15) is 11.1 Å². The molecule has 0 spiro atoms. The number of methoxy groups -OCH3 is 1. The maximum Gasteiger partial charge on any atom is 0.191 e. The first-order valence-electron chi connectivity index (χ1n) is 9.45. The quantitative estimate of drug-likeness (QED) is 0.401. The molecule has 1 aromatic heterocycles. The molecule has 1 heterocycles. The number of ether oxygens (including phenoxy) is 1. The van der Waals surface area contributed by atoms with E-state index in [4.69, 9.17) is 4.74 Å². The summed E-state index contributed by atoms with van der Waals surface area (Å²) in [5.41, 5.74) is 4.77. The van der Waals surface area contributed by atoms with Crippen LogP contribution in [0.3, 0.4) is 0 Å². The van der Waals surface area contributed by atoms with Crippen LogP contribution in [0.2, 0.25) is 0 Å². The molecule has 0 fully saturated rings. The fourth-order valence-corrected chi connectivity index (χ4v) is 4.13. The minimum absolute atomic E-state index is 0.683. The topological polar surface area (TPSA) is 63.7 Å². The van der Waals surface area contributed by atoms with Gasteiger partial charge in [-0.1, -0.05) is 66.4 Å². The van der Waals surface area contributed by atoms with E-state index in [0.29, 0.717) is 5.56 Å². The highest BCUT2D eigenvalue weighted by molar-refractivity contribution is 7.98. The van der Waals surface area contributed by atoms with Gasteiger partial charge < -0.3 is 9.30 Å². The molecule has 5 nitrogen and oxygen atoms in total. The first kappa shape index (κ1) is 19.7. The van der Waals surface area contributed by atoms with Gasteiger partial charge in [0.15, 0.2) is 11.0 Å². The van der Waals surface area contributed by atoms with Gasteiger partial charge in [-0.05, 0) is 34.9 Å². The molecule has 0 saturated carbocycles. The molecule has 0 saturated heterocycles. The van der Waals surface area contributed by atoms with E-state index < -0.39 is 0 Å². The molecule has 0 bridgehead atoms. The number of hydrogen-bond acceptors (Lipinski definition) is 5. The third-order valence-electron chi connectivity index (χ3n) is 4.86. The lowest BCUT2D eigenvalue weighted by molar-refractivity contribution is 0.416. The lowest BCUT2D eigenvalue weighted by Crippen LogP contribution is -1.97. The van der Waals surface area contributed by atoms with Crippen molar-refractivity contribution in [3.8, 4) is 34.3 Å². The van der Waals surface area contributed by atoms with Gasteiger partial charge >= 0.3 is 0 Å². The van der Waals surface area contributed by atoms with E-state index >= 15 is 0 Å². The monoisotopic (exact) mass is 412 g/mol. The largest absolute Gasteiger partial charge is 0.496 e. The maximum absolute atomic E-state index is 9.31. The third-order valence-corrected chi connectivity index (χ3v) is 5.95. The Hall–Kier alpha value is -3.56. The van der Waals surface area contributed by atoms with Crippen molar-refractivity contribution in [2.24, 2.45) is 7.05 Å². The zero-order valence-corrected chi connectivity index (χ0v) is 17.6. The average molecular weight is 413 g/mol. The number of aromatic nitrogens is 3. The van der Waals surface area contributed by atoms with Gasteiger partial charge in [0.2, 0.25) is 0 Å². The van der Waals surface area contributed by atoms with Crippen LogP contribution in [-0.4, -0.2) is 21.9 Å². The predicted molar refractivity (Wildman–Crippen MR) is 119 cm³/mol. The Morgan fingerprint density at radius 3 is 2.37 bits per heavy atom. The van der Waals surface area contributed by atoms with Crippen molar-refractivity contribution < 1.29 is 4.74 Å². The summed E-state index contributed by atoms with van der Waals surface area (Å²) in [5.74, 6) is 2.33. The minimum Gasteiger partial charge on any atom is -0.496 e. The molecule has 0 aliphatic rings. The van der Waals surface area contributed by atoms with E-state index in [1.807, 2.05) is 60.1 Å². The number of benzene rings is 3. The summed E-state index contributed by atoms with van der Waals surface area (Å²) < 4.78 is 7.44. The molecule has 0 unspecified atom stereocenters. The van der Waals surface area contributed by atoms with E-state index in [1.165, 1.54) is 5.56 Å². The highest BCUT2D eigenvalue weighted by Crippen LogP contribution is 2.31. The summed E-state index contributed by atoms with van der Waals surface area (Å²) in [7, 11) is 3.62. The molecule has 0 amide bonds. The molecule has 6 heteroatoms. The Kier molecular flexibility index (Phi) is 5.82. The van der Waals surface area contributed by atoms with Crippen LogP contribution in [0.5, 0.6) is 5.75 Å². The first-order valence-corrected chi connectivity index (χ1v) is 10.4. The highest BCUT2D eigenvalue weighted by Gasteiger charge is 2.15. The molecule has 3 aromatic carbocycles. The molecule has 4 rings (SSSR count). The third kappa shape index (κ3) is 3.93. The summed E-state index contributed by atoms with van der Waals surface area (Å²) in [4.78, 5) is 0. The Balaban J connectivity index is 1.50. The summed E-state index contributed by atoms with van der Waals surface area (Å²) >= 11 is 1.63. The van der Waals surface area contributed by atoms with Crippen LogP contribution in [0.15, 0.2) is 78.0 Å². The number of para-hydroxylation sites is 1. The van der Waals surface area contributed by atoms with Crippen LogP contribution in [-0.2, 0) is 12.8 Å². The Morgan fingerprint density at radius 2 is 1.63 bits per heavy atom. The summed E-state index contributed by atoms with van der Waals surface area (Å²) in [5, 5.41) is 18.9. The molecule has 30 heavy (non-hydrogen) atoms. The number of hydrogen-bond donors (Lipinski definition) is 0. The minimum atomic E-state index is 0.683. The van der Waals surface area contributed by atoms with E-state index in [-0.39, 0.29) is 0 Å². The van der Waals surface area contributed by atoms with Crippen LogP contribution in [0.4, 0.5) is 0 Å². The fourth-order valence-electron chi connectivity index (χ4n) is 3.27. The van der Waals surface area contributed by atoms with Crippen molar-refractivity contribution in [3.63, 3.8) is 0 Å². The van der Waals surface area contributed by atoms with Crippen molar-refractivity contribution in [1.29, 1.82) is 5.26 Å². The molecule has 0 aliphatic heterocycles. The molecule has 0 atom stereocenters. The van der Waals surface area contributed by atoms with E-state index in [1.54, 1.807) is 18.9 Å². The van der Waals surface area contributed by atoms with E-state index in [0.717, 1.165) is 39.2 Å². The number of nitriles is 1. The van der Waals surface area contributed by atoms with Gasteiger partial charge in [-0.2, -0.15) is 5.26 Å². The summed E-state index contributed by atoms with van der Waals surface area (Å²) in [6.45, 7) is 0. The lowest BCUT2D eigenvalue weighted by atomic mass is 10.00. The molecule has 148 valence electrons. The fraction of sp³-hybridized carbons (Fsp3) is 0.125. The van der Waals surface area contributed by atoms with Gasteiger partial charge in [0.1, 0.15) is 5.75 Å². The van der Waals surface area contributed by atoms with Gasteiger partial charge in [-0.3, -0.25) is 0 Å². The zero-order chi connectivity index (χ0) is 20.9. The van der Waals surface area contributed by atoms with Gasteiger partial charge in [0.25, 0.3) is 0 Å². The summed E-state index contributed by atoms with van der Waals surface area (Å²) in [6, 6.07) is 26.0. The van der Waals surface area contributed by atoms with Crippen molar-refractivity contribution >= 4 is 11.8 Å². The van der Waals surface area contributed by atoms with Crippen molar-refractivity contribution in [2.75, 3.05) is 7.11 Å². The zero-order valence-electron chi connectivity index (χ0n) is 16.7. The van der Waals surface area contributed by atoms with Crippen LogP contribution >= 0.6 is 11.8 Å². The standard InChI is InChI=1S/C24H20N4OS/c1-28-23(21-9-5-6-10-22(21)29-2)26-27-24(28)30-16-17-11-13-18(14-12-17)20-8-4-3-7-19(20)15-25/h3-14H,16H2,1-2H3. The average Bonchev–Trinajstić information content (AvgIpc) is 3.18. The molecule has 0 radical (unpaired) electrons. The van der Waals surface area contributed by atoms with E-state index in [2.05, 4.69) is 40.5 Å². The second kappa shape index (κ2) is 8.85. The number of rotatable bonds is 6. The molecule has 4 aromatic rings. The molecule has 0 aliphatic carbocycles. The second-order valence-corrected chi connectivity index (χ2v) is 7.65. The maximum atomic E-state index is 9.31. The van der Waals surface area contributed by atoms with Crippen molar-refractivity contribution in [2.45, 2.75) is 10.9 Å². The van der Waals surface area contributed by atoms with E-state index in [9.17, 15) is 5.26 Å². The van der Waals surface area contributed by atoms with Crippen molar-refractivity contribution in [3.05, 3.63) is 83.9 Å². The van der Waals surface area contributed by atoms with Gasteiger partial charge in [-0.15, -0.1) is 10.2 Å². The smallest absolute Gasteiger partial charge is 0.191 e. The van der Waals surface area contributed by atoms with Crippen LogP contribution in [0.25, 0.3) is 22.5 Å². The Morgan fingerprint density at radius 1 is 0.933 bits per heavy atom. The van der Waals surface area contributed by atoms with Gasteiger partial charge in [0, 0.05) is 12.8 Å². The van der Waals surface area contributed by atoms with Gasteiger partial charge in [0.05, 0.1) is 24.3 Å². The highest BCUT2D eigenvalue weighted by atomic mass is 32.2. The molecular weight excluding hydrogens is 392 g/mol. The van der Waals surface area contributed by atoms with Crippen LogP contribution in [0, 0.1) is 11.3 Å². The van der Waals surface area contributed by atoms with Gasteiger partial charge in [-0.25, -0.2) is 0 Å². The predicted octanol–water partition coefficient (Wildman–Crippen LogP) is 5.32. The Bertz CT molecular complexity index is 1210.